The number of benzene rings is 2. The van der Waals surface area contributed by atoms with Crippen molar-refractivity contribution in [3.63, 3.8) is 0 Å². The van der Waals surface area contributed by atoms with E-state index in [0.29, 0.717) is 23.8 Å². The number of H-pyrrole nitrogens is 1. The summed E-state index contributed by atoms with van der Waals surface area (Å²) in [5.41, 5.74) is 4.51. The third kappa shape index (κ3) is 4.22. The number of hydrogen-bond acceptors (Lipinski definition) is 6. The summed E-state index contributed by atoms with van der Waals surface area (Å²) in [6, 6.07) is 9.88. The fourth-order valence-electron chi connectivity index (χ4n) is 3.75. The summed E-state index contributed by atoms with van der Waals surface area (Å²) in [5, 5.41) is 5.52. The summed E-state index contributed by atoms with van der Waals surface area (Å²) >= 11 is 0. The molecule has 172 valence electrons. The molecule has 0 atom stereocenters. The Hall–Kier alpha value is -3.63. The zero-order valence-electron chi connectivity index (χ0n) is 19.9. The summed E-state index contributed by atoms with van der Waals surface area (Å²) in [7, 11) is 7.27. The van der Waals surface area contributed by atoms with Gasteiger partial charge in [-0.1, -0.05) is 11.1 Å². The van der Waals surface area contributed by atoms with E-state index < -0.39 is 5.60 Å². The number of likely N-dealkylation sites (N-methyl/N-ethyl adjacent to an activating group) is 1. The molecular weight excluding hydrogens is 418 g/mol. The Morgan fingerprint density at radius 3 is 2.39 bits per heavy atom. The van der Waals surface area contributed by atoms with Crippen molar-refractivity contribution < 1.29 is 19.0 Å². The van der Waals surface area contributed by atoms with Crippen molar-refractivity contribution in [2.24, 2.45) is 5.16 Å². The molecule has 4 rings (SSSR count). The van der Waals surface area contributed by atoms with E-state index in [1.54, 1.807) is 28.1 Å². The number of fused-ring (bicyclic) bond motifs is 5. The lowest BCUT2D eigenvalue weighted by molar-refractivity contribution is 0.0323. The lowest BCUT2D eigenvalue weighted by Gasteiger charge is -2.16. The molecule has 0 fully saturated rings. The van der Waals surface area contributed by atoms with Gasteiger partial charge >= 0.3 is 0 Å². The van der Waals surface area contributed by atoms with Gasteiger partial charge in [0.25, 0.3) is 0 Å². The first-order chi connectivity index (χ1) is 15.8. The number of terminal acetylenes is 1. The first-order valence-electron chi connectivity index (χ1n) is 10.7. The Labute approximate surface area is 194 Å². The Morgan fingerprint density at radius 1 is 1.06 bits per heavy atom. The van der Waals surface area contributed by atoms with Gasteiger partial charge in [-0.15, -0.1) is 6.42 Å². The van der Waals surface area contributed by atoms with Crippen LogP contribution in [-0.4, -0.2) is 62.7 Å². The van der Waals surface area contributed by atoms with E-state index in [0.717, 1.165) is 45.6 Å². The summed E-state index contributed by atoms with van der Waals surface area (Å²) in [6.07, 6.45) is 5.62. The number of nitrogens with one attached hydrogen (secondary N) is 1. The Morgan fingerprint density at radius 2 is 1.76 bits per heavy atom. The highest BCUT2D eigenvalue weighted by Crippen LogP contribution is 2.46. The van der Waals surface area contributed by atoms with Crippen molar-refractivity contribution in [3.05, 3.63) is 41.5 Å². The van der Waals surface area contributed by atoms with Gasteiger partial charge in [-0.05, 0) is 58.3 Å². The molecule has 0 saturated heterocycles. The molecular formula is C26H29N3O4. The highest BCUT2D eigenvalue weighted by Gasteiger charge is 2.32. The number of aromatic amines is 1. The van der Waals surface area contributed by atoms with E-state index >= 15 is 0 Å². The summed E-state index contributed by atoms with van der Waals surface area (Å²) < 4.78 is 17.1. The number of oxime groups is 1. The normalized spacial score (nSPS) is 13.7. The quantitative estimate of drug-likeness (QED) is 0.322. The molecule has 7 nitrogen and oxygen atoms in total. The predicted octanol–water partition coefficient (Wildman–Crippen LogP) is 4.29. The van der Waals surface area contributed by atoms with Gasteiger partial charge in [-0.2, -0.15) is 0 Å². The van der Waals surface area contributed by atoms with Crippen molar-refractivity contribution in [2.75, 3.05) is 41.5 Å². The smallest absolute Gasteiger partial charge is 0.191 e. The Bertz CT molecular complexity index is 1260. The summed E-state index contributed by atoms with van der Waals surface area (Å²) in [5.74, 6) is 4.67. The molecule has 0 bridgehead atoms. The van der Waals surface area contributed by atoms with Crippen LogP contribution in [-0.2, 0) is 4.84 Å². The van der Waals surface area contributed by atoms with Gasteiger partial charge in [-0.25, -0.2) is 0 Å². The van der Waals surface area contributed by atoms with Crippen LogP contribution in [0.15, 0.2) is 35.5 Å². The SMILES string of the molecule is C#CC(C)(C)O/N=C1/c2cc(OC)c(OC)cc2-c2[nH]c3ccc(OCCN(C)C)cc3c21. The van der Waals surface area contributed by atoms with Crippen molar-refractivity contribution in [1.29, 1.82) is 0 Å². The predicted molar refractivity (Wildman–Crippen MR) is 131 cm³/mol. The van der Waals surface area contributed by atoms with Crippen LogP contribution in [0.2, 0.25) is 0 Å². The molecule has 0 aliphatic heterocycles. The largest absolute Gasteiger partial charge is 0.493 e. The Kier molecular flexibility index (Phi) is 5.96. The first-order valence-corrected chi connectivity index (χ1v) is 10.7. The van der Waals surface area contributed by atoms with Gasteiger partial charge in [0.1, 0.15) is 18.1 Å². The van der Waals surface area contributed by atoms with Gasteiger partial charge in [0, 0.05) is 34.1 Å². The minimum Gasteiger partial charge on any atom is -0.493 e. The van der Waals surface area contributed by atoms with Crippen LogP contribution in [0.25, 0.3) is 22.2 Å². The molecule has 0 spiro atoms. The zero-order valence-corrected chi connectivity index (χ0v) is 19.9. The molecule has 0 saturated carbocycles. The average Bonchev–Trinajstić information content (AvgIpc) is 3.30. The highest BCUT2D eigenvalue weighted by molar-refractivity contribution is 6.30. The number of rotatable bonds is 8. The van der Waals surface area contributed by atoms with Gasteiger partial charge in [0.15, 0.2) is 17.1 Å². The topological polar surface area (TPSA) is 68.3 Å². The second-order valence-electron chi connectivity index (χ2n) is 8.67. The second-order valence-corrected chi connectivity index (χ2v) is 8.67. The monoisotopic (exact) mass is 447 g/mol. The summed E-state index contributed by atoms with van der Waals surface area (Å²) in [6.45, 7) is 5.03. The van der Waals surface area contributed by atoms with Crippen LogP contribution in [0.5, 0.6) is 17.2 Å². The lowest BCUT2D eigenvalue weighted by Crippen LogP contribution is -2.19. The van der Waals surface area contributed by atoms with Crippen molar-refractivity contribution >= 4 is 16.6 Å². The minimum atomic E-state index is -0.848. The van der Waals surface area contributed by atoms with Gasteiger partial charge < -0.3 is 28.9 Å². The Balaban J connectivity index is 1.87. The highest BCUT2D eigenvalue weighted by atomic mass is 16.6. The van der Waals surface area contributed by atoms with Crippen LogP contribution in [0, 0.1) is 12.3 Å². The maximum Gasteiger partial charge on any atom is 0.191 e. The fraction of sp³-hybridized carbons (Fsp3) is 0.346. The van der Waals surface area contributed by atoms with Crippen LogP contribution in [0.3, 0.4) is 0 Å². The number of aromatic nitrogens is 1. The van der Waals surface area contributed by atoms with Crippen LogP contribution in [0.4, 0.5) is 0 Å². The van der Waals surface area contributed by atoms with Crippen molar-refractivity contribution in [2.45, 2.75) is 19.4 Å². The van der Waals surface area contributed by atoms with Crippen LogP contribution >= 0.6 is 0 Å². The van der Waals surface area contributed by atoms with E-state index in [1.165, 1.54) is 0 Å². The third-order valence-electron chi connectivity index (χ3n) is 5.57. The molecule has 2 aromatic carbocycles. The number of ether oxygens (including phenoxy) is 3. The van der Waals surface area contributed by atoms with Crippen LogP contribution < -0.4 is 14.2 Å². The zero-order chi connectivity index (χ0) is 23.8. The third-order valence-corrected chi connectivity index (χ3v) is 5.57. The molecule has 0 radical (unpaired) electrons. The van der Waals surface area contributed by atoms with E-state index in [1.807, 2.05) is 44.4 Å². The van der Waals surface area contributed by atoms with Gasteiger partial charge in [0.2, 0.25) is 0 Å². The molecule has 0 amide bonds. The second kappa shape index (κ2) is 8.72. The maximum atomic E-state index is 5.98. The molecule has 1 aromatic heterocycles. The lowest BCUT2D eigenvalue weighted by atomic mass is 10.1. The molecule has 33 heavy (non-hydrogen) atoms. The summed E-state index contributed by atoms with van der Waals surface area (Å²) in [4.78, 5) is 11.4. The first kappa shape index (κ1) is 22.6. The van der Waals surface area contributed by atoms with E-state index in [4.69, 9.17) is 25.5 Å². The standard InChI is InChI=1S/C26H29N3O4/c1-8-26(2,3)33-28-25-18-15-22(31-7)21(30-6)14-17(18)24-23(25)19-13-16(9-10-20(19)27-24)32-12-11-29(4)5/h1,9-10,13-15,27H,11-12H2,2-7H3/b28-25-. The number of hydrogen-bond donors (Lipinski definition) is 1. The number of nitrogens with zero attached hydrogens (tertiary/aromatic N) is 2. The van der Waals surface area contributed by atoms with Crippen LogP contribution in [0.1, 0.15) is 25.0 Å². The molecule has 7 heteroatoms. The van der Waals surface area contributed by atoms with E-state index in [2.05, 4.69) is 21.0 Å². The molecule has 1 aliphatic rings. The molecule has 3 aromatic rings. The fourth-order valence-corrected chi connectivity index (χ4v) is 3.75. The molecule has 0 unspecified atom stereocenters. The minimum absolute atomic E-state index is 0.597. The average molecular weight is 448 g/mol. The van der Waals surface area contributed by atoms with Gasteiger partial charge in [0.05, 0.1) is 19.9 Å². The van der Waals surface area contributed by atoms with E-state index in [9.17, 15) is 0 Å². The maximum absolute atomic E-state index is 5.98. The molecule has 1 aliphatic carbocycles. The number of methoxy groups -OCH3 is 2. The molecule has 1 heterocycles. The van der Waals surface area contributed by atoms with Crippen molar-refractivity contribution in [3.8, 4) is 40.8 Å². The van der Waals surface area contributed by atoms with Gasteiger partial charge in [-0.3, -0.25) is 0 Å². The molecule has 1 N–H and O–H groups in total. The van der Waals surface area contributed by atoms with E-state index in [-0.39, 0.29) is 0 Å². The van der Waals surface area contributed by atoms with Crippen molar-refractivity contribution in [1.82, 2.24) is 9.88 Å².